The Bertz CT molecular complexity index is 2500. The van der Waals surface area contributed by atoms with Gasteiger partial charge in [-0.05, 0) is 88.9 Å². The van der Waals surface area contributed by atoms with E-state index in [2.05, 4.69) is 108 Å². The average Bonchev–Trinajstić information content (AvgIpc) is 3.87. The molecule has 0 atom stereocenters. The quantitative estimate of drug-likeness (QED) is 0.111. The van der Waals surface area contributed by atoms with E-state index in [-0.39, 0.29) is 28.8 Å². The molecule has 2 aliphatic carbocycles. The number of allylic oxidation sites excluding steroid dienone is 10. The average molecular weight is 673 g/mol. The SMILES string of the molecule is [Fe+2].[O-]C(Nc1ccc2ccc3cccc4ccc1c2c34)=C1C=CC=C1.[O-]C(Nc1ccc2ccc3cccc4ccc1c2c34)=C1C=CC=C1. The molecule has 0 radical (unpaired) electrons. The molecule has 0 saturated carbocycles. The van der Waals surface area contributed by atoms with Crippen LogP contribution < -0.4 is 20.8 Å². The molecule has 5 heteroatoms. The van der Waals surface area contributed by atoms with Gasteiger partial charge in [0.25, 0.3) is 0 Å². The fraction of sp³-hybridized carbons (Fsp3) is 0. The molecule has 0 bridgehead atoms. The number of benzene rings is 8. The zero-order valence-electron chi connectivity index (χ0n) is 26.2. The van der Waals surface area contributed by atoms with Gasteiger partial charge in [0.15, 0.2) is 0 Å². The Kier molecular flexibility index (Phi) is 7.57. The summed E-state index contributed by atoms with van der Waals surface area (Å²) >= 11 is 0. The molecule has 234 valence electrons. The Morgan fingerprint density at radius 1 is 0.367 bits per heavy atom. The first kappa shape index (κ1) is 30.3. The molecule has 8 aromatic rings. The van der Waals surface area contributed by atoms with Crippen LogP contribution in [0.4, 0.5) is 11.4 Å². The molecule has 8 aromatic carbocycles. The van der Waals surface area contributed by atoms with Crippen molar-refractivity contribution in [1.29, 1.82) is 0 Å². The fourth-order valence-corrected chi connectivity index (χ4v) is 7.13. The van der Waals surface area contributed by atoms with Gasteiger partial charge in [-0.1, -0.05) is 146 Å². The molecule has 2 aliphatic rings. The second kappa shape index (κ2) is 12.2. The van der Waals surface area contributed by atoms with E-state index in [9.17, 15) is 10.2 Å². The van der Waals surface area contributed by atoms with Gasteiger partial charge in [-0.2, -0.15) is 0 Å². The molecule has 0 heterocycles. The molecule has 10 rings (SSSR count). The molecule has 49 heavy (non-hydrogen) atoms. The molecular formula is C44H28FeN2O2. The van der Waals surface area contributed by atoms with Gasteiger partial charge in [-0.3, -0.25) is 0 Å². The predicted octanol–water partition coefficient (Wildman–Crippen LogP) is 9.39. The van der Waals surface area contributed by atoms with Crippen molar-refractivity contribution in [2.75, 3.05) is 10.6 Å². The molecule has 2 N–H and O–H groups in total. The summed E-state index contributed by atoms with van der Waals surface area (Å²) in [6, 6.07) is 37.9. The maximum Gasteiger partial charge on any atom is 2.00 e. The number of hydrogen-bond donors (Lipinski definition) is 2. The van der Waals surface area contributed by atoms with Crippen LogP contribution in [0.25, 0.3) is 64.6 Å². The van der Waals surface area contributed by atoms with Gasteiger partial charge >= 0.3 is 17.1 Å². The topological polar surface area (TPSA) is 70.2 Å². The summed E-state index contributed by atoms with van der Waals surface area (Å²) in [6.07, 6.45) is 14.8. The monoisotopic (exact) mass is 672 g/mol. The predicted molar refractivity (Wildman–Crippen MR) is 198 cm³/mol. The van der Waals surface area contributed by atoms with Crippen molar-refractivity contribution in [1.82, 2.24) is 0 Å². The van der Waals surface area contributed by atoms with Crippen molar-refractivity contribution < 1.29 is 27.3 Å². The molecule has 0 fully saturated rings. The minimum atomic E-state index is -0.0740. The standard InChI is InChI=1S/2C22H15NO.Fe/c2*24-22(17-4-1-2-5-17)23-19-13-11-16-9-8-14-6-3-7-15-10-12-18(19)21(16)20(14)15;/h2*1-13,23-24H;/q;;+2/p-2. The minimum absolute atomic E-state index is 0. The summed E-state index contributed by atoms with van der Waals surface area (Å²) < 4.78 is 0. The third-order valence-electron chi connectivity index (χ3n) is 9.40. The van der Waals surface area contributed by atoms with E-state index in [1.807, 2.05) is 60.7 Å². The van der Waals surface area contributed by atoms with Crippen LogP contribution in [0.15, 0.2) is 181 Å². The third kappa shape index (κ3) is 5.17. The third-order valence-corrected chi connectivity index (χ3v) is 9.40. The van der Waals surface area contributed by atoms with Gasteiger partial charge in [0.2, 0.25) is 0 Å². The van der Waals surface area contributed by atoms with Crippen LogP contribution >= 0.6 is 0 Å². The van der Waals surface area contributed by atoms with Crippen LogP contribution in [0.5, 0.6) is 0 Å². The number of nitrogens with one attached hydrogen (secondary N) is 2. The normalized spacial score (nSPS) is 13.3. The van der Waals surface area contributed by atoms with E-state index in [0.717, 1.165) is 22.1 Å². The number of anilines is 2. The largest absolute Gasteiger partial charge is 2.00 e. The fourth-order valence-electron chi connectivity index (χ4n) is 7.13. The summed E-state index contributed by atoms with van der Waals surface area (Å²) in [6.45, 7) is 0. The molecule has 0 saturated heterocycles. The van der Waals surface area contributed by atoms with E-state index in [0.29, 0.717) is 11.1 Å². The molecule has 0 aliphatic heterocycles. The summed E-state index contributed by atoms with van der Waals surface area (Å²) in [4.78, 5) is 0. The summed E-state index contributed by atoms with van der Waals surface area (Å²) in [7, 11) is 0. The van der Waals surface area contributed by atoms with Gasteiger partial charge in [0.05, 0.1) is 0 Å². The Labute approximate surface area is 293 Å². The first-order valence-electron chi connectivity index (χ1n) is 16.0. The van der Waals surface area contributed by atoms with Crippen molar-refractivity contribution in [2.24, 2.45) is 0 Å². The van der Waals surface area contributed by atoms with Gasteiger partial charge in [0, 0.05) is 22.1 Å². The van der Waals surface area contributed by atoms with Crippen molar-refractivity contribution >= 4 is 76.0 Å². The molecule has 0 aromatic heterocycles. The maximum atomic E-state index is 12.4. The molecule has 0 amide bonds. The van der Waals surface area contributed by atoms with Gasteiger partial charge < -0.3 is 20.8 Å². The summed E-state index contributed by atoms with van der Waals surface area (Å²) in [5, 5.41) is 45.4. The Morgan fingerprint density at radius 3 is 1.04 bits per heavy atom. The number of hydrogen-bond acceptors (Lipinski definition) is 4. The van der Waals surface area contributed by atoms with Crippen LogP contribution in [-0.4, -0.2) is 0 Å². The van der Waals surface area contributed by atoms with Crippen LogP contribution in [0.3, 0.4) is 0 Å². The molecular weight excluding hydrogens is 644 g/mol. The summed E-state index contributed by atoms with van der Waals surface area (Å²) in [5.74, 6) is -0.148. The van der Waals surface area contributed by atoms with Crippen molar-refractivity contribution in [2.45, 2.75) is 0 Å². The second-order valence-electron chi connectivity index (χ2n) is 12.2. The van der Waals surface area contributed by atoms with Gasteiger partial charge in [-0.25, -0.2) is 0 Å². The van der Waals surface area contributed by atoms with E-state index in [1.54, 1.807) is 0 Å². The Hall–Kier alpha value is -6.00. The van der Waals surface area contributed by atoms with E-state index in [4.69, 9.17) is 0 Å². The molecule has 0 spiro atoms. The van der Waals surface area contributed by atoms with Crippen LogP contribution in [-0.2, 0) is 17.1 Å². The minimum Gasteiger partial charge on any atom is -0.860 e. The van der Waals surface area contributed by atoms with Crippen LogP contribution in [0, 0.1) is 0 Å². The molecule has 4 nitrogen and oxygen atoms in total. The first-order chi connectivity index (χ1) is 23.6. The van der Waals surface area contributed by atoms with Gasteiger partial charge in [-0.15, -0.1) is 0 Å². The Morgan fingerprint density at radius 2 is 0.673 bits per heavy atom. The number of rotatable bonds is 4. The Balaban J connectivity index is 0.000000139. The van der Waals surface area contributed by atoms with Crippen LogP contribution in [0.1, 0.15) is 0 Å². The van der Waals surface area contributed by atoms with Crippen LogP contribution in [0.2, 0.25) is 0 Å². The summed E-state index contributed by atoms with van der Waals surface area (Å²) in [5.41, 5.74) is 3.07. The molecule has 0 unspecified atom stereocenters. The van der Waals surface area contributed by atoms with E-state index >= 15 is 0 Å². The van der Waals surface area contributed by atoms with Crippen molar-refractivity contribution in [3.05, 3.63) is 181 Å². The smallest absolute Gasteiger partial charge is 0.860 e. The second-order valence-corrected chi connectivity index (χ2v) is 12.2. The zero-order chi connectivity index (χ0) is 32.2. The van der Waals surface area contributed by atoms with E-state index in [1.165, 1.54) is 53.9 Å². The zero-order valence-corrected chi connectivity index (χ0v) is 27.3. The van der Waals surface area contributed by atoms with Crippen molar-refractivity contribution in [3.63, 3.8) is 0 Å². The maximum absolute atomic E-state index is 12.4. The van der Waals surface area contributed by atoms with E-state index < -0.39 is 0 Å². The first-order valence-corrected chi connectivity index (χ1v) is 16.0. The van der Waals surface area contributed by atoms with Crippen molar-refractivity contribution in [3.8, 4) is 0 Å². The van der Waals surface area contributed by atoms with Gasteiger partial charge in [0.1, 0.15) is 0 Å².